The number of benzene rings is 1. The number of nitrogens with zero attached hydrogens (tertiary/aromatic N) is 2. The molecule has 0 unspecified atom stereocenters. The van der Waals surface area contributed by atoms with Crippen molar-refractivity contribution < 1.29 is 0 Å². The van der Waals surface area contributed by atoms with Gasteiger partial charge in [-0.3, -0.25) is 0 Å². The van der Waals surface area contributed by atoms with Crippen LogP contribution in [0.3, 0.4) is 0 Å². The molecule has 1 heterocycles. The standard InChI is InChI=1S/C13H15N3/c1-8-6-9(2)12(10(3)7-8)11-4-5-15-13(14)16-11/h4-7H,1-3H3,(H2,14,15,16). The van der Waals surface area contributed by atoms with Gasteiger partial charge in [-0.25, -0.2) is 9.97 Å². The van der Waals surface area contributed by atoms with Crippen molar-refractivity contribution in [1.29, 1.82) is 0 Å². The molecule has 16 heavy (non-hydrogen) atoms. The highest BCUT2D eigenvalue weighted by molar-refractivity contribution is 5.68. The zero-order valence-electron chi connectivity index (χ0n) is 9.78. The van der Waals surface area contributed by atoms with Gasteiger partial charge in [-0.1, -0.05) is 17.7 Å². The maximum atomic E-state index is 5.60. The minimum absolute atomic E-state index is 0.317. The molecule has 0 bridgehead atoms. The molecule has 2 rings (SSSR count). The monoisotopic (exact) mass is 213 g/mol. The van der Waals surface area contributed by atoms with E-state index >= 15 is 0 Å². The van der Waals surface area contributed by atoms with E-state index in [-0.39, 0.29) is 0 Å². The van der Waals surface area contributed by atoms with Gasteiger partial charge in [-0.2, -0.15) is 0 Å². The lowest BCUT2D eigenvalue weighted by atomic mass is 9.97. The van der Waals surface area contributed by atoms with Crippen LogP contribution in [0.5, 0.6) is 0 Å². The van der Waals surface area contributed by atoms with Crippen LogP contribution in [0.2, 0.25) is 0 Å². The van der Waals surface area contributed by atoms with Crippen LogP contribution < -0.4 is 5.73 Å². The zero-order valence-corrected chi connectivity index (χ0v) is 9.78. The van der Waals surface area contributed by atoms with E-state index in [1.165, 1.54) is 16.7 Å². The quantitative estimate of drug-likeness (QED) is 0.792. The van der Waals surface area contributed by atoms with Gasteiger partial charge in [0.05, 0.1) is 5.69 Å². The van der Waals surface area contributed by atoms with Crippen LogP contribution in [0.4, 0.5) is 5.95 Å². The normalized spacial score (nSPS) is 10.4. The third-order valence-corrected chi connectivity index (χ3v) is 2.61. The average molecular weight is 213 g/mol. The molecule has 0 fully saturated rings. The van der Waals surface area contributed by atoms with E-state index in [1.807, 2.05) is 6.07 Å². The molecule has 82 valence electrons. The molecule has 0 spiro atoms. The van der Waals surface area contributed by atoms with Crippen LogP contribution in [-0.4, -0.2) is 9.97 Å². The van der Waals surface area contributed by atoms with Gasteiger partial charge < -0.3 is 5.73 Å². The molecule has 1 aromatic carbocycles. The molecule has 0 aliphatic heterocycles. The molecule has 0 saturated carbocycles. The van der Waals surface area contributed by atoms with Gasteiger partial charge in [0, 0.05) is 11.8 Å². The van der Waals surface area contributed by atoms with Crippen molar-refractivity contribution in [3.63, 3.8) is 0 Å². The number of nitrogens with two attached hydrogens (primary N) is 1. The van der Waals surface area contributed by atoms with Gasteiger partial charge in [-0.05, 0) is 38.0 Å². The number of nitrogen functional groups attached to an aromatic ring is 1. The molecule has 1 aromatic heterocycles. The van der Waals surface area contributed by atoms with Crippen LogP contribution in [0.1, 0.15) is 16.7 Å². The summed E-state index contributed by atoms with van der Waals surface area (Å²) in [6.45, 7) is 6.28. The van der Waals surface area contributed by atoms with E-state index < -0.39 is 0 Å². The molecule has 0 aliphatic carbocycles. The lowest BCUT2D eigenvalue weighted by Gasteiger charge is -2.10. The zero-order chi connectivity index (χ0) is 11.7. The molecule has 0 aliphatic rings. The van der Waals surface area contributed by atoms with Crippen LogP contribution in [0.15, 0.2) is 24.4 Å². The maximum absolute atomic E-state index is 5.60. The molecule has 3 nitrogen and oxygen atoms in total. The predicted molar refractivity (Wildman–Crippen MR) is 66.1 cm³/mol. The Morgan fingerprint density at radius 1 is 1.06 bits per heavy atom. The first-order valence-electron chi connectivity index (χ1n) is 5.24. The van der Waals surface area contributed by atoms with Crippen molar-refractivity contribution in [2.45, 2.75) is 20.8 Å². The Balaban J connectivity index is 2.64. The first kappa shape index (κ1) is 10.6. The summed E-state index contributed by atoms with van der Waals surface area (Å²) in [5.74, 6) is 0.317. The molecule has 2 N–H and O–H groups in total. The second kappa shape index (κ2) is 3.93. The second-order valence-corrected chi connectivity index (χ2v) is 4.07. The summed E-state index contributed by atoms with van der Waals surface area (Å²) in [6, 6.07) is 6.20. The van der Waals surface area contributed by atoms with Crippen molar-refractivity contribution in [2.24, 2.45) is 0 Å². The van der Waals surface area contributed by atoms with Gasteiger partial charge in [0.25, 0.3) is 0 Å². The third-order valence-electron chi connectivity index (χ3n) is 2.61. The maximum Gasteiger partial charge on any atom is 0.220 e. The van der Waals surface area contributed by atoms with E-state index in [1.54, 1.807) is 6.20 Å². The van der Waals surface area contributed by atoms with Crippen molar-refractivity contribution in [3.05, 3.63) is 41.1 Å². The lowest BCUT2D eigenvalue weighted by Crippen LogP contribution is -1.98. The highest BCUT2D eigenvalue weighted by atomic mass is 15.0. The van der Waals surface area contributed by atoms with Gasteiger partial charge >= 0.3 is 0 Å². The van der Waals surface area contributed by atoms with Gasteiger partial charge in [-0.15, -0.1) is 0 Å². The van der Waals surface area contributed by atoms with Crippen LogP contribution in [-0.2, 0) is 0 Å². The van der Waals surface area contributed by atoms with Crippen LogP contribution >= 0.6 is 0 Å². The summed E-state index contributed by atoms with van der Waals surface area (Å²) in [5, 5.41) is 0. The number of hydrogen-bond acceptors (Lipinski definition) is 3. The minimum atomic E-state index is 0.317. The largest absolute Gasteiger partial charge is 0.368 e. The first-order valence-corrected chi connectivity index (χ1v) is 5.24. The molecule has 0 saturated heterocycles. The summed E-state index contributed by atoms with van der Waals surface area (Å²) < 4.78 is 0. The SMILES string of the molecule is Cc1cc(C)c(-c2ccnc(N)n2)c(C)c1. The van der Waals surface area contributed by atoms with E-state index in [2.05, 4.69) is 42.9 Å². The van der Waals surface area contributed by atoms with Crippen molar-refractivity contribution in [2.75, 3.05) is 5.73 Å². The summed E-state index contributed by atoms with van der Waals surface area (Å²) >= 11 is 0. The Hall–Kier alpha value is -1.90. The average Bonchev–Trinajstić information content (AvgIpc) is 2.15. The fourth-order valence-corrected chi connectivity index (χ4v) is 2.10. The Kier molecular flexibility index (Phi) is 2.60. The van der Waals surface area contributed by atoms with Crippen LogP contribution in [0.25, 0.3) is 11.3 Å². The van der Waals surface area contributed by atoms with Crippen molar-refractivity contribution >= 4 is 5.95 Å². The molecule has 0 radical (unpaired) electrons. The predicted octanol–water partition coefficient (Wildman–Crippen LogP) is 2.65. The number of aromatic nitrogens is 2. The fourth-order valence-electron chi connectivity index (χ4n) is 2.10. The lowest BCUT2D eigenvalue weighted by molar-refractivity contribution is 1.18. The topological polar surface area (TPSA) is 51.8 Å². The molecule has 2 aromatic rings. The Labute approximate surface area is 95.4 Å². The van der Waals surface area contributed by atoms with E-state index in [0.29, 0.717) is 5.95 Å². The molecule has 3 heteroatoms. The summed E-state index contributed by atoms with van der Waals surface area (Å²) in [7, 11) is 0. The molecular weight excluding hydrogens is 198 g/mol. The van der Waals surface area contributed by atoms with E-state index in [9.17, 15) is 0 Å². The number of rotatable bonds is 1. The molecule has 0 atom stereocenters. The summed E-state index contributed by atoms with van der Waals surface area (Å²) in [6.07, 6.45) is 1.69. The van der Waals surface area contributed by atoms with Crippen molar-refractivity contribution in [1.82, 2.24) is 9.97 Å². The fraction of sp³-hybridized carbons (Fsp3) is 0.231. The highest BCUT2D eigenvalue weighted by Gasteiger charge is 2.08. The first-order chi connectivity index (χ1) is 7.58. The van der Waals surface area contributed by atoms with E-state index in [4.69, 9.17) is 5.73 Å². The highest BCUT2D eigenvalue weighted by Crippen LogP contribution is 2.26. The number of aryl methyl sites for hydroxylation is 3. The third kappa shape index (κ3) is 1.89. The van der Waals surface area contributed by atoms with Gasteiger partial charge in [0.2, 0.25) is 5.95 Å². The Morgan fingerprint density at radius 2 is 1.69 bits per heavy atom. The molecular formula is C13H15N3. The second-order valence-electron chi connectivity index (χ2n) is 4.07. The summed E-state index contributed by atoms with van der Waals surface area (Å²) in [4.78, 5) is 8.17. The van der Waals surface area contributed by atoms with Gasteiger partial charge in [0.1, 0.15) is 0 Å². The Morgan fingerprint density at radius 3 is 2.25 bits per heavy atom. The molecule has 0 amide bonds. The Bertz CT molecular complexity index is 509. The van der Waals surface area contributed by atoms with Crippen LogP contribution in [0, 0.1) is 20.8 Å². The summed E-state index contributed by atoms with van der Waals surface area (Å²) in [5.41, 5.74) is 11.3. The smallest absolute Gasteiger partial charge is 0.220 e. The number of hydrogen-bond donors (Lipinski definition) is 1. The minimum Gasteiger partial charge on any atom is -0.368 e. The van der Waals surface area contributed by atoms with Crippen molar-refractivity contribution in [3.8, 4) is 11.3 Å². The number of anilines is 1. The van der Waals surface area contributed by atoms with Gasteiger partial charge in [0.15, 0.2) is 0 Å². The van der Waals surface area contributed by atoms with E-state index in [0.717, 1.165) is 11.3 Å².